The molecule has 0 radical (unpaired) electrons. The van der Waals surface area contributed by atoms with Crippen LogP contribution in [0.3, 0.4) is 0 Å². The quantitative estimate of drug-likeness (QED) is 0.168. The Morgan fingerprint density at radius 3 is 1.38 bits per heavy atom. The summed E-state index contributed by atoms with van der Waals surface area (Å²) in [6.07, 6.45) is 0. The molecule has 0 amide bonds. The van der Waals surface area contributed by atoms with Gasteiger partial charge in [-0.05, 0) is 34.9 Å². The monoisotopic (exact) mass is 821 g/mol. The summed E-state index contributed by atoms with van der Waals surface area (Å²) in [5, 5.41) is 7.20. The Labute approximate surface area is 366 Å². The molecule has 0 unspecified atom stereocenters. The van der Waals surface area contributed by atoms with E-state index in [1.807, 2.05) is 35.6 Å². The van der Waals surface area contributed by atoms with Gasteiger partial charge in [0.1, 0.15) is 0 Å². The van der Waals surface area contributed by atoms with Crippen LogP contribution in [0.2, 0.25) is 0 Å². The average Bonchev–Trinajstić information content (AvgIpc) is 4.03. The predicted molar refractivity (Wildman–Crippen MR) is 263 cm³/mol. The molecule has 13 rings (SSSR count). The molecule has 0 bridgehead atoms. The van der Waals surface area contributed by atoms with Crippen molar-refractivity contribution in [2.45, 2.75) is 0 Å². The summed E-state index contributed by atoms with van der Waals surface area (Å²) in [7, 11) is 0. The molecule has 5 nitrogen and oxygen atoms in total. The van der Waals surface area contributed by atoms with Crippen LogP contribution in [-0.4, -0.2) is 24.1 Å². The number of hydrogen-bond acceptors (Lipinski definition) is 4. The Hall–Kier alpha value is -8.19. The maximum Gasteiger partial charge on any atom is 0.238 e. The van der Waals surface area contributed by atoms with Gasteiger partial charge in [-0.3, -0.25) is 4.57 Å². The van der Waals surface area contributed by atoms with Crippen LogP contribution in [0.15, 0.2) is 212 Å². The Balaban J connectivity index is 1.14. The van der Waals surface area contributed by atoms with Crippen LogP contribution in [-0.2, 0) is 0 Å². The lowest BCUT2D eigenvalue weighted by molar-refractivity contribution is 0.955. The Morgan fingerprint density at radius 2 is 0.746 bits per heavy atom. The second kappa shape index (κ2) is 14.2. The summed E-state index contributed by atoms with van der Waals surface area (Å²) >= 11 is 1.86. The topological polar surface area (TPSA) is 48.5 Å². The molecule has 0 aliphatic heterocycles. The minimum atomic E-state index is 0.578. The number of nitrogens with zero attached hydrogens (tertiary/aromatic N) is 5. The highest BCUT2D eigenvalue weighted by atomic mass is 32.1. The lowest BCUT2D eigenvalue weighted by Crippen LogP contribution is -2.07. The number of benzene rings is 9. The van der Waals surface area contributed by atoms with E-state index in [1.165, 1.54) is 53.1 Å². The number of thiophene rings is 1. The van der Waals surface area contributed by atoms with Crippen LogP contribution in [0.4, 0.5) is 0 Å². The summed E-state index contributed by atoms with van der Waals surface area (Å²) in [5.74, 6) is 1.82. The largest absolute Gasteiger partial charge is 0.307 e. The lowest BCUT2D eigenvalue weighted by atomic mass is 9.99. The summed E-state index contributed by atoms with van der Waals surface area (Å²) in [5.41, 5.74) is 12.1. The lowest BCUT2D eigenvalue weighted by Gasteiger charge is -2.14. The zero-order valence-corrected chi connectivity index (χ0v) is 34.7. The van der Waals surface area contributed by atoms with Crippen molar-refractivity contribution in [1.29, 1.82) is 0 Å². The molecule has 13 aromatic rings. The van der Waals surface area contributed by atoms with Gasteiger partial charge in [-0.2, -0.15) is 9.97 Å². The third-order valence-corrected chi connectivity index (χ3v) is 13.6. The van der Waals surface area contributed by atoms with Crippen molar-refractivity contribution in [2.75, 3.05) is 0 Å². The van der Waals surface area contributed by atoms with Crippen LogP contribution in [0.25, 0.3) is 120 Å². The highest BCUT2D eigenvalue weighted by Gasteiger charge is 2.24. The van der Waals surface area contributed by atoms with E-state index in [0.717, 1.165) is 49.7 Å². The van der Waals surface area contributed by atoms with Crippen molar-refractivity contribution in [2.24, 2.45) is 0 Å². The average molecular weight is 822 g/mol. The molecule has 4 heterocycles. The molecule has 0 N–H and O–H groups in total. The van der Waals surface area contributed by atoms with Gasteiger partial charge in [0.15, 0.2) is 11.6 Å². The first-order chi connectivity index (χ1) is 31.3. The van der Waals surface area contributed by atoms with Crippen LogP contribution < -0.4 is 0 Å². The van der Waals surface area contributed by atoms with Crippen LogP contribution in [0.1, 0.15) is 0 Å². The number of rotatable bonds is 6. The molecule has 0 saturated carbocycles. The maximum absolute atomic E-state index is 5.43. The fraction of sp³-hybridized carbons (Fsp3) is 0. The molecule has 4 aromatic heterocycles. The third kappa shape index (κ3) is 5.52. The van der Waals surface area contributed by atoms with Crippen molar-refractivity contribution in [1.82, 2.24) is 24.1 Å². The molecular formula is C57H35N5S. The van der Waals surface area contributed by atoms with Crippen molar-refractivity contribution < 1.29 is 0 Å². The Kier molecular flexibility index (Phi) is 8.01. The zero-order chi connectivity index (χ0) is 41.4. The van der Waals surface area contributed by atoms with Crippen LogP contribution in [0.5, 0.6) is 0 Å². The number of aromatic nitrogens is 5. The molecule has 0 fully saturated rings. The van der Waals surface area contributed by atoms with Crippen molar-refractivity contribution in [3.63, 3.8) is 0 Å². The van der Waals surface area contributed by atoms with Gasteiger partial charge in [0, 0.05) is 49.0 Å². The van der Waals surface area contributed by atoms with Crippen LogP contribution >= 0.6 is 11.3 Å². The van der Waals surface area contributed by atoms with Crippen molar-refractivity contribution >= 4 is 75.1 Å². The smallest absolute Gasteiger partial charge is 0.238 e. The fourth-order valence-electron chi connectivity index (χ4n) is 9.63. The second-order valence-electron chi connectivity index (χ2n) is 15.9. The van der Waals surface area contributed by atoms with E-state index in [0.29, 0.717) is 17.6 Å². The highest BCUT2D eigenvalue weighted by Crippen LogP contribution is 2.48. The van der Waals surface area contributed by atoms with Crippen LogP contribution in [0, 0.1) is 0 Å². The first kappa shape index (κ1) is 35.6. The summed E-state index contributed by atoms with van der Waals surface area (Å²) in [4.78, 5) is 16.0. The summed E-state index contributed by atoms with van der Waals surface area (Å²) < 4.78 is 7.20. The number of para-hydroxylation sites is 3. The second-order valence-corrected chi connectivity index (χ2v) is 16.9. The first-order valence-corrected chi connectivity index (χ1v) is 22.0. The van der Waals surface area contributed by atoms with Crippen molar-refractivity contribution in [3.8, 4) is 56.7 Å². The fourth-order valence-corrected chi connectivity index (χ4v) is 11.0. The van der Waals surface area contributed by atoms with E-state index in [1.54, 1.807) is 0 Å². The van der Waals surface area contributed by atoms with E-state index >= 15 is 0 Å². The van der Waals surface area contributed by atoms with Crippen molar-refractivity contribution in [3.05, 3.63) is 212 Å². The summed E-state index contributed by atoms with van der Waals surface area (Å²) in [6.45, 7) is 0. The molecule has 0 aliphatic carbocycles. The molecule has 0 saturated heterocycles. The molecule has 9 aromatic carbocycles. The zero-order valence-electron chi connectivity index (χ0n) is 33.9. The van der Waals surface area contributed by atoms with Gasteiger partial charge in [-0.1, -0.05) is 194 Å². The van der Waals surface area contributed by atoms with Gasteiger partial charge in [0.2, 0.25) is 5.95 Å². The standard InChI is InChI=1S/C57H35N5S/c1-4-18-36(19-5-1)39-24-10-11-28-47(39)56-58-55(38-22-8-3-9-23-38)59-57(60-56)62-50-31-17-14-27-42(50)44-33-35-46-45-34-32-43-41-26-13-16-30-49(41)61(51(43)53(45)63-54(46)52(44)62)48-29-15-12-25-40(48)37-20-6-2-7-21-37/h1-35H. The van der Waals surface area contributed by atoms with Gasteiger partial charge in [0.25, 0.3) is 0 Å². The molecular weight excluding hydrogens is 787 g/mol. The van der Waals surface area contributed by atoms with Gasteiger partial charge < -0.3 is 4.57 Å². The molecule has 0 atom stereocenters. The minimum absolute atomic E-state index is 0.578. The first-order valence-electron chi connectivity index (χ1n) is 21.2. The molecule has 294 valence electrons. The van der Waals surface area contributed by atoms with E-state index < -0.39 is 0 Å². The van der Waals surface area contributed by atoms with E-state index in [9.17, 15) is 0 Å². The van der Waals surface area contributed by atoms with Gasteiger partial charge in [0.05, 0.1) is 37.2 Å². The molecule has 63 heavy (non-hydrogen) atoms. The molecule has 0 aliphatic rings. The van der Waals surface area contributed by atoms with E-state index in [-0.39, 0.29) is 0 Å². The predicted octanol–water partition coefficient (Wildman–Crippen LogP) is 15.1. The number of hydrogen-bond donors (Lipinski definition) is 0. The molecule has 6 heteroatoms. The number of fused-ring (bicyclic) bond motifs is 11. The Bertz CT molecular complexity index is 3900. The normalized spacial score (nSPS) is 11.8. The Morgan fingerprint density at radius 1 is 0.302 bits per heavy atom. The molecule has 0 spiro atoms. The van der Waals surface area contributed by atoms with E-state index in [4.69, 9.17) is 15.0 Å². The SMILES string of the molecule is c1ccc(-c2nc(-c3ccccc3-c3ccccc3)nc(-n3c4ccccc4c4ccc5c6ccc7c8ccccc8n(-c8ccccc8-c8ccccc8)c7c6sc5c43)n2)cc1. The highest BCUT2D eigenvalue weighted by molar-refractivity contribution is 7.27. The minimum Gasteiger partial charge on any atom is -0.307 e. The summed E-state index contributed by atoms with van der Waals surface area (Å²) in [6, 6.07) is 75.3. The van der Waals surface area contributed by atoms with Gasteiger partial charge in [-0.25, -0.2) is 4.98 Å². The van der Waals surface area contributed by atoms with Gasteiger partial charge >= 0.3 is 0 Å². The van der Waals surface area contributed by atoms with E-state index in [2.05, 4.69) is 197 Å². The third-order valence-electron chi connectivity index (χ3n) is 12.4. The maximum atomic E-state index is 5.43. The van der Waals surface area contributed by atoms with Gasteiger partial charge in [-0.15, -0.1) is 11.3 Å².